The Kier molecular flexibility index (Phi) is 7.12. The van der Waals surface area contributed by atoms with Crippen LogP contribution in [0.1, 0.15) is 15.9 Å². The molecule has 0 radical (unpaired) electrons. The number of urea groups is 1. The minimum Gasteiger partial charge on any atom is -0.452 e. The Hall–Kier alpha value is -2.68. The molecule has 0 heterocycles. The average Bonchev–Trinajstić information content (AvgIpc) is 2.49. The van der Waals surface area contributed by atoms with Crippen molar-refractivity contribution in [3.63, 3.8) is 0 Å². The first-order valence-corrected chi connectivity index (χ1v) is 8.89. The summed E-state index contributed by atoms with van der Waals surface area (Å²) in [6, 6.07) is 5.05. The highest BCUT2D eigenvalue weighted by Gasteiger charge is 2.12. The van der Waals surface area contributed by atoms with Crippen LogP contribution in [0.25, 0.3) is 0 Å². The number of imide groups is 1. The summed E-state index contributed by atoms with van der Waals surface area (Å²) in [5.41, 5.74) is 0.696. The zero-order valence-electron chi connectivity index (χ0n) is 13.1. The first kappa shape index (κ1) is 19.4. The van der Waals surface area contributed by atoms with E-state index < -0.39 is 34.4 Å². The summed E-state index contributed by atoms with van der Waals surface area (Å²) in [7, 11) is -3.16. The molecule has 0 fully saturated rings. The number of ether oxygens (including phenoxy) is 1. The van der Waals surface area contributed by atoms with Crippen molar-refractivity contribution in [2.24, 2.45) is 0 Å². The molecule has 0 aliphatic heterocycles. The van der Waals surface area contributed by atoms with E-state index in [4.69, 9.17) is 4.74 Å². The first-order chi connectivity index (χ1) is 11.2. The van der Waals surface area contributed by atoms with Gasteiger partial charge in [0.2, 0.25) is 0 Å². The molecular weight excluding hydrogens is 336 g/mol. The highest BCUT2D eigenvalue weighted by Crippen LogP contribution is 2.09. The molecule has 0 atom stereocenters. The van der Waals surface area contributed by atoms with Crippen molar-refractivity contribution < 1.29 is 27.5 Å². The van der Waals surface area contributed by atoms with Crippen LogP contribution in [-0.2, 0) is 25.1 Å². The lowest BCUT2D eigenvalue weighted by atomic mass is 10.1. The lowest BCUT2D eigenvalue weighted by Gasteiger charge is -2.07. The van der Waals surface area contributed by atoms with Gasteiger partial charge < -0.3 is 10.1 Å². The van der Waals surface area contributed by atoms with Crippen LogP contribution in [0.15, 0.2) is 36.9 Å². The van der Waals surface area contributed by atoms with E-state index in [9.17, 15) is 22.8 Å². The third-order valence-electron chi connectivity index (χ3n) is 2.61. The van der Waals surface area contributed by atoms with Crippen LogP contribution in [0.2, 0.25) is 0 Å². The van der Waals surface area contributed by atoms with E-state index >= 15 is 0 Å². The Morgan fingerprint density at radius 3 is 2.38 bits per heavy atom. The molecule has 0 aliphatic carbocycles. The van der Waals surface area contributed by atoms with E-state index in [0.29, 0.717) is 5.56 Å². The highest BCUT2D eigenvalue weighted by molar-refractivity contribution is 7.89. The van der Waals surface area contributed by atoms with Gasteiger partial charge >= 0.3 is 12.0 Å². The SMILES string of the molecule is C=CCNC(=O)NC(=O)COC(=O)c1ccc(CS(C)(=O)=O)cc1. The summed E-state index contributed by atoms with van der Waals surface area (Å²) in [5, 5.41) is 4.30. The fourth-order valence-corrected chi connectivity index (χ4v) is 2.42. The van der Waals surface area contributed by atoms with Gasteiger partial charge in [-0.3, -0.25) is 10.1 Å². The van der Waals surface area contributed by atoms with Gasteiger partial charge in [-0.25, -0.2) is 18.0 Å². The second-order valence-electron chi connectivity index (χ2n) is 4.89. The molecule has 0 spiro atoms. The lowest BCUT2D eigenvalue weighted by molar-refractivity contribution is -0.123. The van der Waals surface area contributed by atoms with E-state index in [1.165, 1.54) is 30.3 Å². The molecule has 0 aliphatic rings. The standard InChI is InChI=1S/C15H18N2O6S/c1-3-8-16-15(20)17-13(18)9-23-14(19)12-6-4-11(5-7-12)10-24(2,21)22/h3-7H,1,8-10H2,2H3,(H2,16,17,18,20). The maximum absolute atomic E-state index is 11.8. The number of carbonyl (C=O) groups excluding carboxylic acids is 3. The maximum Gasteiger partial charge on any atom is 0.338 e. The largest absolute Gasteiger partial charge is 0.452 e. The van der Waals surface area contributed by atoms with Crippen molar-refractivity contribution in [2.45, 2.75) is 5.75 Å². The van der Waals surface area contributed by atoms with Crippen LogP contribution in [0, 0.1) is 0 Å². The third-order valence-corrected chi connectivity index (χ3v) is 3.47. The quantitative estimate of drug-likeness (QED) is 0.540. The summed E-state index contributed by atoms with van der Waals surface area (Å²) in [5.74, 6) is -1.67. The number of sulfone groups is 1. The molecule has 9 heteroatoms. The molecule has 1 rings (SSSR count). The summed E-state index contributed by atoms with van der Waals surface area (Å²) in [6.07, 6.45) is 2.55. The number of carbonyl (C=O) groups is 3. The molecule has 0 saturated carbocycles. The second-order valence-corrected chi connectivity index (χ2v) is 7.03. The molecule has 0 bridgehead atoms. The Bertz CT molecular complexity index is 725. The molecule has 8 nitrogen and oxygen atoms in total. The normalized spacial score (nSPS) is 10.5. The van der Waals surface area contributed by atoms with E-state index in [1.54, 1.807) is 0 Å². The Morgan fingerprint density at radius 1 is 1.21 bits per heavy atom. The number of esters is 1. The van der Waals surface area contributed by atoms with Gasteiger partial charge in [-0.1, -0.05) is 18.2 Å². The molecule has 1 aromatic carbocycles. The van der Waals surface area contributed by atoms with Gasteiger partial charge in [0.25, 0.3) is 5.91 Å². The summed E-state index contributed by atoms with van der Waals surface area (Å²) in [6.45, 7) is 2.97. The Morgan fingerprint density at radius 2 is 1.83 bits per heavy atom. The minimum absolute atomic E-state index is 0.134. The molecule has 0 saturated heterocycles. The lowest BCUT2D eigenvalue weighted by Crippen LogP contribution is -2.41. The maximum atomic E-state index is 11.8. The number of hydrogen-bond acceptors (Lipinski definition) is 6. The van der Waals surface area contributed by atoms with E-state index in [1.807, 2.05) is 5.32 Å². The number of rotatable bonds is 7. The van der Waals surface area contributed by atoms with Crippen LogP contribution in [-0.4, -0.2) is 45.7 Å². The summed E-state index contributed by atoms with van der Waals surface area (Å²) >= 11 is 0. The van der Waals surface area contributed by atoms with Crippen LogP contribution in [0.5, 0.6) is 0 Å². The highest BCUT2D eigenvalue weighted by atomic mass is 32.2. The van der Waals surface area contributed by atoms with Gasteiger partial charge in [-0.2, -0.15) is 0 Å². The van der Waals surface area contributed by atoms with Crippen molar-refractivity contribution in [2.75, 3.05) is 19.4 Å². The first-order valence-electron chi connectivity index (χ1n) is 6.83. The number of benzene rings is 1. The summed E-state index contributed by atoms with van der Waals surface area (Å²) < 4.78 is 27.1. The zero-order chi connectivity index (χ0) is 18.2. The van der Waals surface area contributed by atoms with Crippen LogP contribution >= 0.6 is 0 Å². The summed E-state index contributed by atoms with van der Waals surface area (Å²) in [4.78, 5) is 34.4. The number of hydrogen-bond donors (Lipinski definition) is 2. The second kappa shape index (κ2) is 8.82. The Labute approximate surface area is 139 Å². The van der Waals surface area contributed by atoms with Crippen molar-refractivity contribution in [3.05, 3.63) is 48.0 Å². The van der Waals surface area contributed by atoms with Crippen molar-refractivity contribution in [1.82, 2.24) is 10.6 Å². The monoisotopic (exact) mass is 354 g/mol. The van der Waals surface area contributed by atoms with E-state index in [0.717, 1.165) is 6.26 Å². The fourth-order valence-electron chi connectivity index (χ4n) is 1.63. The zero-order valence-corrected chi connectivity index (χ0v) is 13.9. The predicted octanol–water partition coefficient (Wildman–Crippen LogP) is 0.400. The van der Waals surface area contributed by atoms with Gasteiger partial charge in [0.15, 0.2) is 16.4 Å². The van der Waals surface area contributed by atoms with Crippen molar-refractivity contribution in [3.8, 4) is 0 Å². The van der Waals surface area contributed by atoms with Crippen molar-refractivity contribution in [1.29, 1.82) is 0 Å². The number of amides is 3. The molecule has 130 valence electrons. The van der Waals surface area contributed by atoms with Gasteiger partial charge in [-0.05, 0) is 17.7 Å². The van der Waals surface area contributed by atoms with Crippen LogP contribution in [0.3, 0.4) is 0 Å². The topological polar surface area (TPSA) is 119 Å². The van der Waals surface area contributed by atoms with Crippen LogP contribution < -0.4 is 10.6 Å². The van der Waals surface area contributed by atoms with Gasteiger partial charge in [0.1, 0.15) is 0 Å². The molecule has 0 aromatic heterocycles. The smallest absolute Gasteiger partial charge is 0.338 e. The number of nitrogens with one attached hydrogen (secondary N) is 2. The average molecular weight is 354 g/mol. The van der Waals surface area contributed by atoms with Gasteiger partial charge in [0, 0.05) is 12.8 Å². The molecular formula is C15H18N2O6S. The molecule has 24 heavy (non-hydrogen) atoms. The van der Waals surface area contributed by atoms with E-state index in [2.05, 4.69) is 11.9 Å². The van der Waals surface area contributed by atoms with Crippen LogP contribution in [0.4, 0.5) is 4.79 Å². The molecule has 3 amide bonds. The van der Waals surface area contributed by atoms with Gasteiger partial charge in [-0.15, -0.1) is 6.58 Å². The molecule has 1 aromatic rings. The molecule has 2 N–H and O–H groups in total. The van der Waals surface area contributed by atoms with Crippen molar-refractivity contribution >= 4 is 27.7 Å². The minimum atomic E-state index is -3.16. The third kappa shape index (κ3) is 7.54. The van der Waals surface area contributed by atoms with Gasteiger partial charge in [0.05, 0.1) is 11.3 Å². The predicted molar refractivity (Wildman–Crippen MR) is 87.0 cm³/mol. The van der Waals surface area contributed by atoms with E-state index in [-0.39, 0.29) is 17.9 Å². The Balaban J connectivity index is 2.49. The fraction of sp³-hybridized carbons (Fsp3) is 0.267. The molecule has 0 unspecified atom stereocenters.